The van der Waals surface area contributed by atoms with E-state index < -0.39 is 29.5 Å². The van der Waals surface area contributed by atoms with Crippen molar-refractivity contribution in [2.24, 2.45) is 0 Å². The van der Waals surface area contributed by atoms with Crippen molar-refractivity contribution in [1.29, 1.82) is 0 Å². The highest BCUT2D eigenvalue weighted by Gasteiger charge is 2.36. The lowest BCUT2D eigenvalue weighted by Crippen LogP contribution is -2.45. The van der Waals surface area contributed by atoms with E-state index in [1.165, 1.54) is 36.4 Å². The topological polar surface area (TPSA) is 102 Å². The van der Waals surface area contributed by atoms with Gasteiger partial charge in [0.05, 0.1) is 17.8 Å². The predicted molar refractivity (Wildman–Crippen MR) is 132 cm³/mol. The summed E-state index contributed by atoms with van der Waals surface area (Å²) < 4.78 is 51.3. The molecule has 0 atom stereocenters. The van der Waals surface area contributed by atoms with Crippen LogP contribution in [-0.2, 0) is 21.4 Å². The largest absolute Gasteiger partial charge is 0.418 e. The van der Waals surface area contributed by atoms with Crippen molar-refractivity contribution in [2.75, 3.05) is 30.4 Å². The van der Waals surface area contributed by atoms with Crippen LogP contribution < -0.4 is 16.0 Å². The normalized spacial score (nSPS) is 11.6. The molecule has 196 valence electrons. The zero-order chi connectivity index (χ0) is 26.9. The van der Waals surface area contributed by atoms with Crippen molar-refractivity contribution in [3.05, 3.63) is 89.7 Å². The first-order valence-electron chi connectivity index (χ1n) is 11.5. The molecule has 0 saturated carbocycles. The first-order chi connectivity index (χ1) is 17.7. The standard InChI is InChI=1S/C26H27F3N4O4/c1-3-36-25(37-4-2,22-14-7-8-15-30-22)17-31-23(34)18-10-9-11-19(16-18)32-24(35)33-21-13-6-5-12-20(21)26(27,28)29/h5-16H,3-4,17H2,1-2H3,(H,31,34)(H2,32,33,35). The molecule has 11 heteroatoms. The second-order valence-corrected chi connectivity index (χ2v) is 7.72. The maximum atomic E-state index is 13.2. The lowest BCUT2D eigenvalue weighted by Gasteiger charge is -2.32. The maximum Gasteiger partial charge on any atom is 0.418 e. The lowest BCUT2D eigenvalue weighted by molar-refractivity contribution is -0.240. The predicted octanol–water partition coefficient (Wildman–Crippen LogP) is 5.40. The number of pyridine rings is 1. The Labute approximate surface area is 212 Å². The van der Waals surface area contributed by atoms with Gasteiger partial charge >= 0.3 is 12.2 Å². The summed E-state index contributed by atoms with van der Waals surface area (Å²) in [6.45, 7) is 4.16. The number of nitrogens with zero attached hydrogens (tertiary/aromatic N) is 1. The van der Waals surface area contributed by atoms with E-state index in [1.807, 2.05) is 0 Å². The van der Waals surface area contributed by atoms with Crippen LogP contribution in [0.15, 0.2) is 72.9 Å². The minimum absolute atomic E-state index is 0.0447. The number of halogens is 3. The van der Waals surface area contributed by atoms with E-state index in [9.17, 15) is 22.8 Å². The van der Waals surface area contributed by atoms with Gasteiger partial charge in [-0.1, -0.05) is 24.3 Å². The van der Waals surface area contributed by atoms with Crippen LogP contribution in [0, 0.1) is 0 Å². The van der Waals surface area contributed by atoms with Crippen LogP contribution in [0.3, 0.4) is 0 Å². The molecular weight excluding hydrogens is 489 g/mol. The van der Waals surface area contributed by atoms with Gasteiger partial charge in [-0.25, -0.2) is 4.79 Å². The van der Waals surface area contributed by atoms with Crippen molar-refractivity contribution in [2.45, 2.75) is 25.8 Å². The number of urea groups is 1. The lowest BCUT2D eigenvalue weighted by atomic mass is 10.1. The first kappa shape index (κ1) is 27.6. The number of rotatable bonds is 10. The van der Waals surface area contributed by atoms with Gasteiger partial charge in [-0.15, -0.1) is 0 Å². The van der Waals surface area contributed by atoms with E-state index in [0.29, 0.717) is 18.9 Å². The number of benzene rings is 2. The third-order valence-electron chi connectivity index (χ3n) is 5.16. The Kier molecular flexibility index (Phi) is 9.20. The smallest absolute Gasteiger partial charge is 0.346 e. The van der Waals surface area contributed by atoms with Crippen LogP contribution in [0.5, 0.6) is 0 Å². The number of nitrogens with one attached hydrogen (secondary N) is 3. The van der Waals surface area contributed by atoms with Crippen LogP contribution >= 0.6 is 0 Å². The summed E-state index contributed by atoms with van der Waals surface area (Å²) in [5.74, 6) is -1.78. The Bertz CT molecular complexity index is 1200. The number of carbonyl (C=O) groups excluding carboxylic acids is 2. The molecule has 8 nitrogen and oxygen atoms in total. The van der Waals surface area contributed by atoms with Crippen LogP contribution in [0.25, 0.3) is 0 Å². The molecule has 3 amide bonds. The van der Waals surface area contributed by atoms with Gasteiger partial charge in [0.25, 0.3) is 5.91 Å². The zero-order valence-electron chi connectivity index (χ0n) is 20.3. The number of anilines is 2. The molecule has 1 aromatic heterocycles. The second kappa shape index (κ2) is 12.3. The SMILES string of the molecule is CCOC(CNC(=O)c1cccc(NC(=O)Nc2ccccc2C(F)(F)F)c1)(OCC)c1ccccn1. The zero-order valence-corrected chi connectivity index (χ0v) is 20.3. The van der Waals surface area contributed by atoms with E-state index in [2.05, 4.69) is 20.9 Å². The summed E-state index contributed by atoms with van der Waals surface area (Å²) in [7, 11) is 0. The van der Waals surface area contributed by atoms with Gasteiger partial charge in [-0.3, -0.25) is 9.78 Å². The molecule has 0 bridgehead atoms. The number of aromatic nitrogens is 1. The molecule has 0 aliphatic rings. The number of carbonyl (C=O) groups is 2. The Morgan fingerprint density at radius 2 is 1.59 bits per heavy atom. The fraction of sp³-hybridized carbons (Fsp3) is 0.269. The number of hydrogen-bond acceptors (Lipinski definition) is 5. The number of alkyl halides is 3. The molecule has 0 fully saturated rings. The number of ether oxygens (including phenoxy) is 2. The van der Waals surface area contributed by atoms with Crippen molar-refractivity contribution >= 4 is 23.3 Å². The maximum absolute atomic E-state index is 13.2. The van der Waals surface area contributed by atoms with Gasteiger partial charge in [0, 0.05) is 30.7 Å². The summed E-state index contributed by atoms with van der Waals surface area (Å²) in [6, 6.07) is 15.0. The highest BCUT2D eigenvalue weighted by molar-refractivity contribution is 6.01. The van der Waals surface area contributed by atoms with Crippen LogP contribution in [0.2, 0.25) is 0 Å². The molecule has 3 rings (SSSR count). The molecule has 37 heavy (non-hydrogen) atoms. The van der Waals surface area contributed by atoms with Gasteiger partial charge in [-0.05, 0) is 56.3 Å². The number of para-hydroxylation sites is 1. The van der Waals surface area contributed by atoms with Crippen molar-refractivity contribution in [3.8, 4) is 0 Å². The molecular formula is C26H27F3N4O4. The van der Waals surface area contributed by atoms with E-state index in [4.69, 9.17) is 9.47 Å². The van der Waals surface area contributed by atoms with E-state index >= 15 is 0 Å². The van der Waals surface area contributed by atoms with E-state index in [0.717, 1.165) is 12.1 Å². The quantitative estimate of drug-likeness (QED) is 0.313. The van der Waals surface area contributed by atoms with E-state index in [-0.39, 0.29) is 23.5 Å². The molecule has 0 aliphatic carbocycles. The summed E-state index contributed by atoms with van der Waals surface area (Å²) in [5, 5.41) is 7.41. The van der Waals surface area contributed by atoms with E-state index in [1.54, 1.807) is 38.2 Å². The molecule has 0 unspecified atom stereocenters. The Morgan fingerprint density at radius 1 is 0.892 bits per heavy atom. The summed E-state index contributed by atoms with van der Waals surface area (Å²) >= 11 is 0. The number of amides is 3. The third kappa shape index (κ3) is 7.28. The van der Waals surface area contributed by atoms with Gasteiger partial charge in [0.15, 0.2) is 0 Å². The molecule has 0 saturated heterocycles. The van der Waals surface area contributed by atoms with Crippen LogP contribution in [-0.4, -0.2) is 36.7 Å². The van der Waals surface area contributed by atoms with Gasteiger partial charge in [0.2, 0.25) is 5.79 Å². The highest BCUT2D eigenvalue weighted by atomic mass is 19.4. The highest BCUT2D eigenvalue weighted by Crippen LogP contribution is 2.34. The number of hydrogen-bond donors (Lipinski definition) is 3. The molecule has 0 spiro atoms. The molecule has 2 aromatic carbocycles. The molecule has 0 radical (unpaired) electrons. The second-order valence-electron chi connectivity index (χ2n) is 7.72. The van der Waals surface area contributed by atoms with Gasteiger partial charge in [0.1, 0.15) is 5.69 Å². The average molecular weight is 517 g/mol. The monoisotopic (exact) mass is 516 g/mol. The Morgan fingerprint density at radius 3 is 2.24 bits per heavy atom. The Balaban J connectivity index is 1.71. The Hall–Kier alpha value is -3.96. The summed E-state index contributed by atoms with van der Waals surface area (Å²) in [5.41, 5.74) is -0.459. The fourth-order valence-corrected chi connectivity index (χ4v) is 3.60. The van der Waals surface area contributed by atoms with Crippen LogP contribution in [0.4, 0.5) is 29.3 Å². The molecule has 1 heterocycles. The molecule has 0 aliphatic heterocycles. The van der Waals surface area contributed by atoms with Crippen LogP contribution in [0.1, 0.15) is 35.5 Å². The average Bonchev–Trinajstić information content (AvgIpc) is 2.87. The molecule has 3 aromatic rings. The summed E-state index contributed by atoms with van der Waals surface area (Å²) in [6.07, 6.45) is -3.04. The van der Waals surface area contributed by atoms with Crippen molar-refractivity contribution in [3.63, 3.8) is 0 Å². The fourth-order valence-electron chi connectivity index (χ4n) is 3.60. The molecule has 3 N–H and O–H groups in total. The third-order valence-corrected chi connectivity index (χ3v) is 5.16. The minimum Gasteiger partial charge on any atom is -0.346 e. The van der Waals surface area contributed by atoms with Gasteiger partial charge in [-0.2, -0.15) is 13.2 Å². The summed E-state index contributed by atoms with van der Waals surface area (Å²) in [4.78, 5) is 29.6. The van der Waals surface area contributed by atoms with Gasteiger partial charge < -0.3 is 25.4 Å². The minimum atomic E-state index is -4.63. The first-order valence-corrected chi connectivity index (χ1v) is 11.5. The van der Waals surface area contributed by atoms with Crippen molar-refractivity contribution in [1.82, 2.24) is 10.3 Å². The van der Waals surface area contributed by atoms with Crippen molar-refractivity contribution < 1.29 is 32.2 Å².